The minimum Gasteiger partial charge on any atom is -0.497 e. The second kappa shape index (κ2) is 4.87. The first-order valence-electron chi connectivity index (χ1n) is 5.33. The van der Waals surface area contributed by atoms with Crippen LogP contribution in [0.25, 0.3) is 10.9 Å². The lowest BCUT2D eigenvalue weighted by molar-refractivity contribution is -0.135. The highest BCUT2D eigenvalue weighted by molar-refractivity contribution is 5.91. The van der Waals surface area contributed by atoms with Crippen LogP contribution in [0.4, 0.5) is 5.82 Å². The first-order valence-corrected chi connectivity index (χ1v) is 5.33. The van der Waals surface area contributed by atoms with Crippen molar-refractivity contribution in [3.63, 3.8) is 0 Å². The molecule has 2 rings (SSSR count). The van der Waals surface area contributed by atoms with Crippen LogP contribution in [-0.2, 0) is 4.79 Å². The highest BCUT2D eigenvalue weighted by Crippen LogP contribution is 2.25. The number of nitrogens with zero attached hydrogens (tertiary/aromatic N) is 3. The number of benzene rings is 1. The largest absolute Gasteiger partial charge is 0.497 e. The van der Waals surface area contributed by atoms with Gasteiger partial charge in [0.05, 0.1) is 12.6 Å². The van der Waals surface area contributed by atoms with Gasteiger partial charge in [0.25, 0.3) is 0 Å². The molecule has 0 saturated carbocycles. The third-order valence-corrected chi connectivity index (χ3v) is 2.56. The molecule has 1 aromatic heterocycles. The van der Waals surface area contributed by atoms with E-state index in [1.807, 2.05) is 6.07 Å². The topological polar surface area (TPSA) is 75.6 Å². The summed E-state index contributed by atoms with van der Waals surface area (Å²) in [6, 6.07) is 5.41. The Balaban J connectivity index is 2.52. The fraction of sp³-hybridized carbons (Fsp3) is 0.250. The van der Waals surface area contributed by atoms with Gasteiger partial charge in [0.1, 0.15) is 24.4 Å². The average Bonchev–Trinajstić information content (AvgIpc) is 2.36. The Labute approximate surface area is 104 Å². The van der Waals surface area contributed by atoms with Crippen molar-refractivity contribution >= 4 is 22.7 Å². The summed E-state index contributed by atoms with van der Waals surface area (Å²) in [6.45, 7) is -0.122. The van der Waals surface area contributed by atoms with E-state index < -0.39 is 5.97 Å². The van der Waals surface area contributed by atoms with Crippen LogP contribution in [0.3, 0.4) is 0 Å². The summed E-state index contributed by atoms with van der Waals surface area (Å²) in [4.78, 5) is 20.6. The van der Waals surface area contributed by atoms with Crippen molar-refractivity contribution < 1.29 is 14.6 Å². The number of fused-ring (bicyclic) bond motifs is 1. The van der Waals surface area contributed by atoms with E-state index in [2.05, 4.69) is 9.97 Å². The normalized spacial score (nSPS) is 10.3. The lowest BCUT2D eigenvalue weighted by Crippen LogP contribution is -2.26. The molecule has 0 atom stereocenters. The van der Waals surface area contributed by atoms with Gasteiger partial charge in [-0.3, -0.25) is 4.79 Å². The van der Waals surface area contributed by atoms with Gasteiger partial charge in [-0.05, 0) is 18.2 Å². The summed E-state index contributed by atoms with van der Waals surface area (Å²) in [5.74, 6) is 0.343. The molecule has 0 aliphatic heterocycles. The Kier molecular flexibility index (Phi) is 3.27. The molecule has 1 aromatic carbocycles. The smallest absolute Gasteiger partial charge is 0.323 e. The van der Waals surface area contributed by atoms with E-state index in [1.54, 1.807) is 31.2 Å². The quantitative estimate of drug-likeness (QED) is 0.873. The summed E-state index contributed by atoms with van der Waals surface area (Å²) in [5.41, 5.74) is 0.748. The van der Waals surface area contributed by atoms with Crippen molar-refractivity contribution in [1.82, 2.24) is 9.97 Å². The summed E-state index contributed by atoms with van der Waals surface area (Å²) in [5, 5.41) is 9.57. The van der Waals surface area contributed by atoms with Crippen LogP contribution in [-0.4, -0.2) is 41.7 Å². The van der Waals surface area contributed by atoms with E-state index in [4.69, 9.17) is 9.84 Å². The predicted octanol–water partition coefficient (Wildman–Crippen LogP) is 1.16. The Hall–Kier alpha value is -2.37. The van der Waals surface area contributed by atoms with Gasteiger partial charge in [-0.1, -0.05) is 0 Å². The molecule has 0 fully saturated rings. The third kappa shape index (κ3) is 2.32. The van der Waals surface area contributed by atoms with E-state index in [1.165, 1.54) is 6.33 Å². The predicted molar refractivity (Wildman–Crippen MR) is 67.0 cm³/mol. The number of carbonyl (C=O) groups is 1. The summed E-state index contributed by atoms with van der Waals surface area (Å²) >= 11 is 0. The number of anilines is 1. The Morgan fingerprint density at radius 3 is 2.89 bits per heavy atom. The average molecular weight is 247 g/mol. The van der Waals surface area contributed by atoms with Crippen LogP contribution in [0.1, 0.15) is 0 Å². The van der Waals surface area contributed by atoms with Gasteiger partial charge < -0.3 is 14.7 Å². The molecule has 1 heterocycles. The highest BCUT2D eigenvalue weighted by Gasteiger charge is 2.11. The minimum atomic E-state index is -0.910. The molecule has 0 radical (unpaired) electrons. The molecule has 0 amide bonds. The summed E-state index contributed by atoms with van der Waals surface area (Å²) in [7, 11) is 3.25. The molecule has 0 spiro atoms. The zero-order valence-corrected chi connectivity index (χ0v) is 10.1. The lowest BCUT2D eigenvalue weighted by Gasteiger charge is -2.17. The second-order valence-electron chi connectivity index (χ2n) is 3.83. The maximum atomic E-state index is 10.7. The van der Waals surface area contributed by atoms with Crippen molar-refractivity contribution in [1.29, 1.82) is 0 Å². The maximum Gasteiger partial charge on any atom is 0.323 e. The van der Waals surface area contributed by atoms with Crippen molar-refractivity contribution in [3.8, 4) is 5.75 Å². The first kappa shape index (κ1) is 12.1. The van der Waals surface area contributed by atoms with Crippen LogP contribution < -0.4 is 9.64 Å². The summed E-state index contributed by atoms with van der Waals surface area (Å²) < 4.78 is 5.15. The number of carboxylic acid groups (broad SMARTS) is 1. The number of likely N-dealkylation sites (N-methyl/N-ethyl adjacent to an activating group) is 1. The van der Waals surface area contributed by atoms with Gasteiger partial charge >= 0.3 is 5.97 Å². The molecule has 6 heteroatoms. The Morgan fingerprint density at radius 1 is 1.44 bits per heavy atom. The van der Waals surface area contributed by atoms with E-state index in [0.29, 0.717) is 11.6 Å². The molecule has 0 saturated heterocycles. The van der Waals surface area contributed by atoms with Crippen molar-refractivity contribution in [2.45, 2.75) is 0 Å². The number of aromatic nitrogens is 2. The molecule has 0 unspecified atom stereocenters. The number of aliphatic carboxylic acids is 1. The highest BCUT2D eigenvalue weighted by atomic mass is 16.5. The molecule has 6 nitrogen and oxygen atoms in total. The molecule has 0 aliphatic rings. The molecule has 18 heavy (non-hydrogen) atoms. The van der Waals surface area contributed by atoms with Gasteiger partial charge in [-0.25, -0.2) is 9.97 Å². The van der Waals surface area contributed by atoms with Crippen LogP contribution >= 0.6 is 0 Å². The van der Waals surface area contributed by atoms with E-state index in [-0.39, 0.29) is 6.54 Å². The zero-order chi connectivity index (χ0) is 13.1. The number of hydrogen-bond acceptors (Lipinski definition) is 5. The second-order valence-corrected chi connectivity index (χ2v) is 3.83. The summed E-state index contributed by atoms with van der Waals surface area (Å²) in [6.07, 6.45) is 1.42. The molecular formula is C12H13N3O3. The van der Waals surface area contributed by atoms with Crippen LogP contribution in [0, 0.1) is 0 Å². The van der Waals surface area contributed by atoms with Crippen molar-refractivity contribution in [3.05, 3.63) is 24.5 Å². The third-order valence-electron chi connectivity index (χ3n) is 2.56. The van der Waals surface area contributed by atoms with Gasteiger partial charge in [0.15, 0.2) is 0 Å². The first-order chi connectivity index (χ1) is 8.61. The fourth-order valence-corrected chi connectivity index (χ4v) is 1.73. The number of methoxy groups -OCH3 is 1. The number of hydrogen-bond donors (Lipinski definition) is 1. The van der Waals surface area contributed by atoms with Crippen LogP contribution in [0.2, 0.25) is 0 Å². The maximum absolute atomic E-state index is 10.7. The van der Waals surface area contributed by atoms with Crippen LogP contribution in [0.5, 0.6) is 5.75 Å². The van der Waals surface area contributed by atoms with Crippen molar-refractivity contribution in [2.24, 2.45) is 0 Å². The van der Waals surface area contributed by atoms with E-state index in [0.717, 1.165) is 10.9 Å². The molecule has 1 N–H and O–H groups in total. The van der Waals surface area contributed by atoms with Gasteiger partial charge in [-0.15, -0.1) is 0 Å². The standard InChI is InChI=1S/C12H13N3O3/c1-15(6-11(16)17)12-9-5-8(18-2)3-4-10(9)13-7-14-12/h3-5,7H,6H2,1-2H3,(H,16,17). The molecular weight excluding hydrogens is 234 g/mol. The monoisotopic (exact) mass is 247 g/mol. The van der Waals surface area contributed by atoms with Gasteiger partial charge in [0, 0.05) is 12.4 Å². The zero-order valence-electron chi connectivity index (χ0n) is 10.1. The molecule has 0 aliphatic carbocycles. The molecule has 0 bridgehead atoms. The van der Waals surface area contributed by atoms with Crippen molar-refractivity contribution in [2.75, 3.05) is 25.6 Å². The lowest BCUT2D eigenvalue weighted by atomic mass is 10.2. The van der Waals surface area contributed by atoms with Gasteiger partial charge in [0.2, 0.25) is 0 Å². The minimum absolute atomic E-state index is 0.122. The Bertz CT molecular complexity index is 586. The number of carboxylic acids is 1. The molecule has 94 valence electrons. The van der Waals surface area contributed by atoms with E-state index >= 15 is 0 Å². The Morgan fingerprint density at radius 2 is 2.22 bits per heavy atom. The number of ether oxygens (including phenoxy) is 1. The van der Waals surface area contributed by atoms with Crippen LogP contribution in [0.15, 0.2) is 24.5 Å². The molecule has 2 aromatic rings. The van der Waals surface area contributed by atoms with Gasteiger partial charge in [-0.2, -0.15) is 0 Å². The SMILES string of the molecule is COc1ccc2ncnc(N(C)CC(=O)O)c2c1. The number of rotatable bonds is 4. The van der Waals surface area contributed by atoms with E-state index in [9.17, 15) is 4.79 Å². The fourth-order valence-electron chi connectivity index (χ4n) is 1.73.